The van der Waals surface area contributed by atoms with E-state index in [-0.39, 0.29) is 22.7 Å². The highest BCUT2D eigenvalue weighted by Gasteiger charge is 2.26. The fourth-order valence-electron chi connectivity index (χ4n) is 4.03. The van der Waals surface area contributed by atoms with Gasteiger partial charge in [-0.2, -0.15) is 0 Å². The molecule has 11 heteroatoms. The van der Waals surface area contributed by atoms with Crippen LogP contribution in [0.15, 0.2) is 50.8 Å². The average molecular weight is 482 g/mol. The molecule has 1 aliphatic heterocycles. The fourth-order valence-corrected chi connectivity index (χ4v) is 4.24. The van der Waals surface area contributed by atoms with Crippen molar-refractivity contribution >= 4 is 28.5 Å². The molecule has 1 aliphatic carbocycles. The number of aromatic nitrogens is 5. The number of imidazole rings is 1. The van der Waals surface area contributed by atoms with Crippen molar-refractivity contribution in [2.45, 2.75) is 32.9 Å². The van der Waals surface area contributed by atoms with Crippen LogP contribution in [0.2, 0.25) is 0 Å². The number of hydrogen-bond donors (Lipinski definition) is 2. The third kappa shape index (κ3) is 3.88. The molecule has 2 N–H and O–H groups in total. The van der Waals surface area contributed by atoms with E-state index in [1.54, 1.807) is 36.3 Å². The molecular formula is C23H24ClN7O3. The summed E-state index contributed by atoms with van der Waals surface area (Å²) in [5.41, 5.74) is 4.27. The number of rotatable bonds is 7. The van der Waals surface area contributed by atoms with E-state index >= 15 is 0 Å². The van der Waals surface area contributed by atoms with Crippen molar-refractivity contribution in [3.63, 3.8) is 0 Å². The van der Waals surface area contributed by atoms with Gasteiger partial charge < -0.3 is 4.98 Å². The highest BCUT2D eigenvalue weighted by atomic mass is 35.5. The Kier molecular flexibility index (Phi) is 5.70. The molecule has 0 atom stereocenters. The summed E-state index contributed by atoms with van der Waals surface area (Å²) < 4.78 is 2.81. The monoisotopic (exact) mass is 481 g/mol. The van der Waals surface area contributed by atoms with Crippen molar-refractivity contribution < 1.29 is 4.79 Å². The molecule has 3 aromatic rings. The van der Waals surface area contributed by atoms with Crippen LogP contribution in [0, 0.1) is 5.92 Å². The number of H-pyrrole nitrogens is 1. The van der Waals surface area contributed by atoms with Crippen molar-refractivity contribution in [1.82, 2.24) is 34.5 Å². The Labute approximate surface area is 199 Å². The second-order valence-corrected chi connectivity index (χ2v) is 8.81. The van der Waals surface area contributed by atoms with Gasteiger partial charge in [0.25, 0.3) is 5.56 Å². The Morgan fingerprint density at radius 2 is 2.03 bits per heavy atom. The van der Waals surface area contributed by atoms with Gasteiger partial charge >= 0.3 is 5.69 Å². The number of hydrazine groups is 1. The molecule has 1 fully saturated rings. The first-order valence-corrected chi connectivity index (χ1v) is 11.5. The van der Waals surface area contributed by atoms with Crippen LogP contribution in [0.4, 0.5) is 0 Å². The average Bonchev–Trinajstić information content (AvgIpc) is 3.57. The summed E-state index contributed by atoms with van der Waals surface area (Å²) in [5, 5.41) is 2.15. The minimum absolute atomic E-state index is 0.209. The van der Waals surface area contributed by atoms with Gasteiger partial charge in [-0.15, -0.1) is 0 Å². The van der Waals surface area contributed by atoms with Crippen LogP contribution in [-0.4, -0.2) is 48.5 Å². The highest BCUT2D eigenvalue weighted by Crippen LogP contribution is 2.30. The zero-order chi connectivity index (χ0) is 24.0. The van der Waals surface area contributed by atoms with E-state index in [0.717, 1.165) is 12.8 Å². The van der Waals surface area contributed by atoms with E-state index in [9.17, 15) is 14.4 Å². The molecule has 3 aromatic heterocycles. The molecule has 0 radical (unpaired) electrons. The van der Waals surface area contributed by atoms with Crippen LogP contribution in [0.1, 0.15) is 30.3 Å². The van der Waals surface area contributed by atoms with Gasteiger partial charge in [-0.25, -0.2) is 15.2 Å². The normalized spacial score (nSPS) is 16.0. The maximum absolute atomic E-state index is 13.0. The molecule has 5 rings (SSSR count). The largest absolute Gasteiger partial charge is 0.332 e. The summed E-state index contributed by atoms with van der Waals surface area (Å²) in [6, 6.07) is 3.34. The molecule has 0 bridgehead atoms. The van der Waals surface area contributed by atoms with Crippen molar-refractivity contribution in [3.8, 4) is 11.4 Å². The number of fused-ring (bicyclic) bond motifs is 1. The smallest absolute Gasteiger partial charge is 0.332 e. The number of pyridine rings is 1. The van der Waals surface area contributed by atoms with Crippen LogP contribution in [0.3, 0.4) is 0 Å². The standard InChI is InChI=1S/C23H24ClN7O3/c1-3-29-21-18(22(33)30(23(29)34)11-13-4-5-13)27-20(28-21)14-6-8-16(26-10-14)19(32)15-7-9-17(24)31(12-15)25-2/h6-10,13,25H,3-5,11-12H2,1-2H3,(H,27,28). The van der Waals surface area contributed by atoms with Gasteiger partial charge in [-0.1, -0.05) is 17.7 Å². The Morgan fingerprint density at radius 1 is 1.24 bits per heavy atom. The lowest BCUT2D eigenvalue weighted by Crippen LogP contribution is -2.40. The number of aryl methyl sites for hydroxylation is 1. The summed E-state index contributed by atoms with van der Waals surface area (Å²) in [5.74, 6) is 0.591. The van der Waals surface area contributed by atoms with E-state index in [2.05, 4.69) is 20.4 Å². The number of allylic oxidation sites excluding steroid dienone is 2. The number of nitrogens with one attached hydrogen (secondary N) is 2. The van der Waals surface area contributed by atoms with Crippen molar-refractivity contribution in [3.05, 3.63) is 67.7 Å². The maximum atomic E-state index is 13.0. The van der Waals surface area contributed by atoms with Gasteiger partial charge in [0.2, 0.25) is 5.78 Å². The van der Waals surface area contributed by atoms with Gasteiger partial charge in [0.05, 0.1) is 6.54 Å². The maximum Gasteiger partial charge on any atom is 0.332 e. The molecule has 0 saturated heterocycles. The summed E-state index contributed by atoms with van der Waals surface area (Å²) in [4.78, 5) is 50.7. The molecule has 0 amide bonds. The molecule has 34 heavy (non-hydrogen) atoms. The van der Waals surface area contributed by atoms with Gasteiger partial charge in [0.1, 0.15) is 22.2 Å². The zero-order valence-electron chi connectivity index (χ0n) is 18.8. The minimum atomic E-state index is -0.361. The second kappa shape index (κ2) is 8.69. The van der Waals surface area contributed by atoms with Gasteiger partial charge in [-0.05, 0) is 43.9 Å². The summed E-state index contributed by atoms with van der Waals surface area (Å²) in [7, 11) is 1.72. The Balaban J connectivity index is 1.48. The van der Waals surface area contributed by atoms with Crippen molar-refractivity contribution in [1.29, 1.82) is 0 Å². The van der Waals surface area contributed by atoms with Gasteiger partial charge in [0.15, 0.2) is 5.65 Å². The van der Waals surface area contributed by atoms with Crippen LogP contribution >= 0.6 is 11.6 Å². The van der Waals surface area contributed by atoms with E-state index in [1.807, 2.05) is 6.92 Å². The minimum Gasteiger partial charge on any atom is -0.332 e. The fraction of sp³-hybridized carbons (Fsp3) is 0.348. The van der Waals surface area contributed by atoms with Crippen LogP contribution in [-0.2, 0) is 13.1 Å². The number of aromatic amines is 1. The van der Waals surface area contributed by atoms with Crippen molar-refractivity contribution in [2.75, 3.05) is 13.6 Å². The van der Waals surface area contributed by atoms with Crippen LogP contribution < -0.4 is 16.7 Å². The van der Waals surface area contributed by atoms with E-state index in [4.69, 9.17) is 11.6 Å². The molecule has 1 saturated carbocycles. The quantitative estimate of drug-likeness (QED) is 0.391. The number of carbonyl (C=O) groups is 1. The van der Waals surface area contributed by atoms with Crippen molar-refractivity contribution in [2.24, 2.45) is 5.92 Å². The predicted molar refractivity (Wildman–Crippen MR) is 128 cm³/mol. The number of halogens is 1. The van der Waals surface area contributed by atoms with Gasteiger partial charge in [-0.3, -0.25) is 28.7 Å². The van der Waals surface area contributed by atoms with E-state index in [1.165, 1.54) is 15.3 Å². The topological polar surface area (TPSA) is 118 Å². The first kappa shape index (κ1) is 22.3. The Hall–Kier alpha value is -3.50. The third-order valence-electron chi connectivity index (χ3n) is 6.15. The number of nitrogens with zero attached hydrogens (tertiary/aromatic N) is 5. The summed E-state index contributed by atoms with van der Waals surface area (Å²) in [6.07, 6.45) is 6.94. The lowest BCUT2D eigenvalue weighted by molar-refractivity contribution is 0.101. The first-order chi connectivity index (χ1) is 16.4. The molecular weight excluding hydrogens is 458 g/mol. The summed E-state index contributed by atoms with van der Waals surface area (Å²) in [6.45, 7) is 3.00. The summed E-state index contributed by atoms with van der Waals surface area (Å²) >= 11 is 6.10. The number of ketones is 1. The Bertz CT molecular complexity index is 1460. The van der Waals surface area contributed by atoms with Crippen LogP contribution in [0.5, 0.6) is 0 Å². The van der Waals surface area contributed by atoms with E-state index in [0.29, 0.717) is 58.8 Å². The molecule has 10 nitrogen and oxygen atoms in total. The predicted octanol–water partition coefficient (Wildman–Crippen LogP) is 2.02. The van der Waals surface area contributed by atoms with E-state index < -0.39 is 0 Å². The van der Waals surface area contributed by atoms with Crippen LogP contribution in [0.25, 0.3) is 22.6 Å². The second-order valence-electron chi connectivity index (χ2n) is 8.42. The molecule has 0 unspecified atom stereocenters. The molecule has 4 heterocycles. The first-order valence-electron chi connectivity index (χ1n) is 11.2. The van der Waals surface area contributed by atoms with Gasteiger partial charge in [0, 0.05) is 37.5 Å². The highest BCUT2D eigenvalue weighted by molar-refractivity contribution is 6.29. The molecule has 0 aromatic carbocycles. The zero-order valence-corrected chi connectivity index (χ0v) is 19.6. The third-order valence-corrected chi connectivity index (χ3v) is 6.48. The lowest BCUT2D eigenvalue weighted by Gasteiger charge is -2.25. The molecule has 176 valence electrons. The molecule has 2 aliphatic rings. The number of Topliss-reactive ketones (excluding diaryl/α,β-unsaturated/α-hetero) is 1. The number of carbonyl (C=O) groups excluding carboxylic acids is 1. The molecule has 0 spiro atoms. The number of hydrogen-bond acceptors (Lipinski definition) is 7. The SMILES string of the molecule is CCn1c(=O)n(CC2CC2)c(=O)c2[nH]c(-c3ccc(C(=O)C4=CC=C(Cl)N(NC)C4)nc3)nc21. The lowest BCUT2D eigenvalue weighted by atomic mass is 10.1. The Morgan fingerprint density at radius 3 is 2.68 bits per heavy atom.